The van der Waals surface area contributed by atoms with Crippen molar-refractivity contribution in [2.75, 3.05) is 0 Å². The summed E-state index contributed by atoms with van der Waals surface area (Å²) in [6.45, 7) is 2.04. The first kappa shape index (κ1) is 13.6. The molecule has 3 aromatic rings. The highest BCUT2D eigenvalue weighted by Crippen LogP contribution is 2.36. The van der Waals surface area contributed by atoms with Crippen molar-refractivity contribution >= 4 is 0 Å². The first-order chi connectivity index (χ1) is 10.2. The lowest BCUT2D eigenvalue weighted by atomic mass is 9.80. The molecule has 0 spiro atoms. The van der Waals surface area contributed by atoms with Gasteiger partial charge >= 0.3 is 0 Å². The standard InChI is InChI=1S/C20H18O/c1-16-9-8-14-19(15-16)20(21,17-10-4-2-5-11-17)18-12-6-3-7-13-18/h2-15,21H,1H3. The van der Waals surface area contributed by atoms with E-state index < -0.39 is 5.60 Å². The van der Waals surface area contributed by atoms with Crippen molar-refractivity contribution < 1.29 is 5.11 Å². The summed E-state index contributed by atoms with van der Waals surface area (Å²) in [5.41, 5.74) is 2.65. The molecule has 0 atom stereocenters. The number of hydrogen-bond donors (Lipinski definition) is 1. The molecule has 3 aromatic carbocycles. The van der Waals surface area contributed by atoms with E-state index in [-0.39, 0.29) is 0 Å². The third-order valence-electron chi connectivity index (χ3n) is 3.82. The second-order valence-corrected chi connectivity index (χ2v) is 5.31. The van der Waals surface area contributed by atoms with Gasteiger partial charge in [-0.1, -0.05) is 90.5 Å². The molecule has 0 saturated heterocycles. The van der Waals surface area contributed by atoms with Crippen LogP contribution in [0.25, 0.3) is 0 Å². The fourth-order valence-electron chi connectivity index (χ4n) is 2.73. The van der Waals surface area contributed by atoms with Crippen LogP contribution in [0.4, 0.5) is 0 Å². The zero-order valence-corrected chi connectivity index (χ0v) is 12.0. The summed E-state index contributed by atoms with van der Waals surface area (Å²) in [6.07, 6.45) is 0. The molecule has 21 heavy (non-hydrogen) atoms. The van der Waals surface area contributed by atoms with Crippen LogP contribution in [-0.4, -0.2) is 5.11 Å². The van der Waals surface area contributed by atoms with Crippen molar-refractivity contribution in [1.82, 2.24) is 0 Å². The van der Waals surface area contributed by atoms with E-state index in [4.69, 9.17) is 0 Å². The van der Waals surface area contributed by atoms with E-state index in [1.54, 1.807) is 0 Å². The van der Waals surface area contributed by atoms with Crippen LogP contribution in [0.1, 0.15) is 22.3 Å². The Bertz CT molecular complexity index is 678. The maximum atomic E-state index is 11.5. The predicted octanol–water partition coefficient (Wildman–Crippen LogP) is 4.28. The summed E-state index contributed by atoms with van der Waals surface area (Å²) in [4.78, 5) is 0. The lowest BCUT2D eigenvalue weighted by Gasteiger charge is -2.30. The molecule has 0 aromatic heterocycles. The van der Waals surface area contributed by atoms with Crippen LogP contribution in [-0.2, 0) is 5.60 Å². The maximum Gasteiger partial charge on any atom is 0.140 e. The summed E-state index contributed by atoms with van der Waals surface area (Å²) >= 11 is 0. The van der Waals surface area contributed by atoms with Crippen molar-refractivity contribution in [1.29, 1.82) is 0 Å². The van der Waals surface area contributed by atoms with Crippen molar-refractivity contribution in [3.63, 3.8) is 0 Å². The number of aryl methyl sites for hydroxylation is 1. The van der Waals surface area contributed by atoms with Crippen LogP contribution >= 0.6 is 0 Å². The summed E-state index contributed by atoms with van der Waals surface area (Å²) < 4.78 is 0. The topological polar surface area (TPSA) is 20.2 Å². The van der Waals surface area contributed by atoms with Crippen molar-refractivity contribution in [3.8, 4) is 0 Å². The fraction of sp³-hybridized carbons (Fsp3) is 0.100. The molecule has 0 aliphatic heterocycles. The van der Waals surface area contributed by atoms with E-state index in [9.17, 15) is 5.11 Å². The van der Waals surface area contributed by atoms with E-state index in [1.807, 2.05) is 91.9 Å². The molecular weight excluding hydrogens is 256 g/mol. The van der Waals surface area contributed by atoms with Gasteiger partial charge in [-0.3, -0.25) is 0 Å². The van der Waals surface area contributed by atoms with Crippen LogP contribution in [0.2, 0.25) is 0 Å². The van der Waals surface area contributed by atoms with Gasteiger partial charge < -0.3 is 5.11 Å². The highest BCUT2D eigenvalue weighted by atomic mass is 16.3. The normalized spacial score (nSPS) is 11.3. The Hall–Kier alpha value is -2.38. The fourth-order valence-corrected chi connectivity index (χ4v) is 2.73. The third-order valence-corrected chi connectivity index (χ3v) is 3.82. The zero-order chi connectivity index (χ0) is 14.7. The molecule has 0 amide bonds. The molecule has 0 bridgehead atoms. The minimum absolute atomic E-state index is 0.877. The Balaban J connectivity index is 2.25. The lowest BCUT2D eigenvalue weighted by Crippen LogP contribution is -2.28. The average molecular weight is 274 g/mol. The quantitative estimate of drug-likeness (QED) is 0.707. The zero-order valence-electron chi connectivity index (χ0n) is 12.0. The largest absolute Gasteiger partial charge is 0.376 e. The molecule has 1 heteroatoms. The lowest BCUT2D eigenvalue weighted by molar-refractivity contribution is 0.125. The Morgan fingerprint density at radius 3 is 1.57 bits per heavy atom. The van der Waals surface area contributed by atoms with E-state index >= 15 is 0 Å². The molecular formula is C20H18O. The molecule has 0 radical (unpaired) electrons. The van der Waals surface area contributed by atoms with Gasteiger partial charge in [-0.05, 0) is 23.6 Å². The van der Waals surface area contributed by atoms with E-state index in [2.05, 4.69) is 0 Å². The molecule has 0 aliphatic rings. The van der Waals surface area contributed by atoms with Gasteiger partial charge in [0.1, 0.15) is 5.60 Å². The number of aliphatic hydroxyl groups is 1. The number of hydrogen-bond acceptors (Lipinski definition) is 1. The molecule has 0 aliphatic carbocycles. The highest BCUT2D eigenvalue weighted by Gasteiger charge is 2.33. The highest BCUT2D eigenvalue weighted by molar-refractivity contribution is 5.47. The molecule has 0 heterocycles. The van der Waals surface area contributed by atoms with Gasteiger partial charge in [0.05, 0.1) is 0 Å². The minimum Gasteiger partial charge on any atom is -0.376 e. The van der Waals surface area contributed by atoms with Gasteiger partial charge in [0, 0.05) is 0 Å². The Kier molecular flexibility index (Phi) is 3.59. The molecule has 0 saturated carbocycles. The second kappa shape index (κ2) is 5.55. The Labute approximate surface area is 125 Å². The van der Waals surface area contributed by atoms with E-state index in [0.29, 0.717) is 0 Å². The SMILES string of the molecule is Cc1cccc(C(O)(c2ccccc2)c2ccccc2)c1. The molecule has 1 nitrogen and oxygen atoms in total. The first-order valence-electron chi connectivity index (χ1n) is 7.12. The summed E-state index contributed by atoms with van der Waals surface area (Å²) in [5, 5.41) is 11.5. The third kappa shape index (κ3) is 2.48. The minimum atomic E-state index is -1.13. The Morgan fingerprint density at radius 1 is 0.619 bits per heavy atom. The average Bonchev–Trinajstić information content (AvgIpc) is 2.56. The van der Waals surface area contributed by atoms with Crippen LogP contribution in [0, 0.1) is 6.92 Å². The van der Waals surface area contributed by atoms with Crippen LogP contribution in [0.3, 0.4) is 0 Å². The van der Waals surface area contributed by atoms with Crippen molar-refractivity contribution in [2.45, 2.75) is 12.5 Å². The van der Waals surface area contributed by atoms with Crippen LogP contribution in [0.15, 0.2) is 84.9 Å². The molecule has 104 valence electrons. The summed E-state index contributed by atoms with van der Waals surface area (Å²) in [5.74, 6) is 0. The molecule has 0 fully saturated rings. The van der Waals surface area contributed by atoms with Crippen LogP contribution < -0.4 is 0 Å². The number of rotatable bonds is 3. The van der Waals surface area contributed by atoms with Crippen molar-refractivity contribution in [2.24, 2.45) is 0 Å². The molecule has 3 rings (SSSR count). The van der Waals surface area contributed by atoms with Gasteiger partial charge in [0.2, 0.25) is 0 Å². The summed E-state index contributed by atoms with van der Waals surface area (Å²) in [7, 11) is 0. The van der Waals surface area contributed by atoms with Crippen molar-refractivity contribution in [3.05, 3.63) is 107 Å². The maximum absolute atomic E-state index is 11.5. The van der Waals surface area contributed by atoms with E-state index in [0.717, 1.165) is 22.3 Å². The monoisotopic (exact) mass is 274 g/mol. The number of benzene rings is 3. The first-order valence-corrected chi connectivity index (χ1v) is 7.12. The van der Waals surface area contributed by atoms with Crippen LogP contribution in [0.5, 0.6) is 0 Å². The van der Waals surface area contributed by atoms with Gasteiger partial charge in [0.25, 0.3) is 0 Å². The second-order valence-electron chi connectivity index (χ2n) is 5.31. The predicted molar refractivity (Wildman–Crippen MR) is 86.2 cm³/mol. The van der Waals surface area contributed by atoms with Gasteiger partial charge in [-0.25, -0.2) is 0 Å². The summed E-state index contributed by atoms with van der Waals surface area (Å²) in [6, 6.07) is 27.7. The smallest absolute Gasteiger partial charge is 0.140 e. The van der Waals surface area contributed by atoms with E-state index in [1.165, 1.54) is 0 Å². The molecule has 0 unspecified atom stereocenters. The van der Waals surface area contributed by atoms with Gasteiger partial charge in [-0.2, -0.15) is 0 Å². The van der Waals surface area contributed by atoms with Gasteiger partial charge in [0.15, 0.2) is 0 Å². The van der Waals surface area contributed by atoms with Gasteiger partial charge in [-0.15, -0.1) is 0 Å². The Morgan fingerprint density at radius 2 is 1.10 bits per heavy atom. The molecule has 1 N–H and O–H groups in total.